The first-order valence-electron chi connectivity index (χ1n) is 39.4. The van der Waals surface area contributed by atoms with Gasteiger partial charge in [0.1, 0.15) is 42.0 Å². The predicted molar refractivity (Wildman–Crippen MR) is 427 cm³/mol. The molecule has 7 aromatic rings. The molecule has 31 nitrogen and oxygen atoms in total. The Labute approximate surface area is 674 Å². The molecule has 6 heterocycles. The molecule has 4 aliphatic carbocycles. The van der Waals surface area contributed by atoms with Gasteiger partial charge in [0.15, 0.2) is 16.9 Å². The van der Waals surface area contributed by atoms with Gasteiger partial charge in [0.25, 0.3) is 17.7 Å². The van der Waals surface area contributed by atoms with Gasteiger partial charge < -0.3 is 76.4 Å². The third-order valence-electron chi connectivity index (χ3n) is 23.0. The fourth-order valence-corrected chi connectivity index (χ4v) is 19.5. The number of pyridine rings is 1. The average molecular weight is 1610 g/mol. The second-order valence-corrected chi connectivity index (χ2v) is 33.9. The fraction of sp³-hybridized carbons (Fsp3) is 0.476. The molecular weight excluding hydrogens is 1510 g/mol. The molecule has 1 saturated heterocycles. The number of carbonyl (C=O) groups is 9. The maximum absolute atomic E-state index is 14.1. The Bertz CT molecular complexity index is 4790. The average Bonchev–Trinajstić information content (AvgIpc) is 1.25. The van der Waals surface area contributed by atoms with Gasteiger partial charge in [0, 0.05) is 92.5 Å². The smallest absolute Gasteiger partial charge is 0.355 e. The van der Waals surface area contributed by atoms with Crippen LogP contribution in [0.25, 0.3) is 21.3 Å². The van der Waals surface area contributed by atoms with E-state index < -0.39 is 78.2 Å². The number of ether oxygens (including phenoxy) is 4. The molecule has 616 valence electrons. The second-order valence-electron chi connectivity index (χ2n) is 32.9. The van der Waals surface area contributed by atoms with E-state index >= 15 is 0 Å². The normalized spacial score (nSPS) is 23.8. The summed E-state index contributed by atoms with van der Waals surface area (Å²) in [4.78, 5) is 130. The van der Waals surface area contributed by atoms with Crippen LogP contribution >= 0.6 is 11.3 Å². The number of anilines is 3. The van der Waals surface area contributed by atoms with Crippen molar-refractivity contribution in [3.63, 3.8) is 0 Å². The predicted octanol–water partition coefficient (Wildman–Crippen LogP) is 7.96. The number of aliphatic hydroxyl groups is 3. The summed E-state index contributed by atoms with van der Waals surface area (Å²) in [5, 5.41) is 71.5. The molecule has 3 aliphatic heterocycles. The number of hydrogen-bond donors (Lipinski definition) is 11. The van der Waals surface area contributed by atoms with Gasteiger partial charge in [0.2, 0.25) is 24.0 Å². The molecule has 7 aliphatic rings. The summed E-state index contributed by atoms with van der Waals surface area (Å²) < 4.78 is 28.0. The molecule has 4 bridgehead atoms. The van der Waals surface area contributed by atoms with Crippen LogP contribution in [0.3, 0.4) is 0 Å². The molecule has 116 heavy (non-hydrogen) atoms. The Kier molecular flexibility index (Phi) is 25.5. The number of nitrogens with one attached hydrogen (secondary N) is 5. The number of carboxylic acid groups (broad SMARTS) is 2. The van der Waals surface area contributed by atoms with Crippen LogP contribution in [0.2, 0.25) is 0 Å². The topological polar surface area (TPSA) is 431 Å². The molecule has 4 saturated carbocycles. The molecule has 0 radical (unpaired) electrons. The minimum atomic E-state index is -1.89. The van der Waals surface area contributed by atoms with E-state index in [1.54, 1.807) is 74.6 Å². The summed E-state index contributed by atoms with van der Waals surface area (Å²) in [7, 11) is 0. The van der Waals surface area contributed by atoms with Gasteiger partial charge in [-0.1, -0.05) is 94.0 Å². The van der Waals surface area contributed by atoms with Crippen molar-refractivity contribution in [1.82, 2.24) is 45.5 Å². The van der Waals surface area contributed by atoms with Crippen molar-refractivity contribution in [2.45, 2.75) is 193 Å². The molecule has 14 rings (SSSR count). The van der Waals surface area contributed by atoms with Gasteiger partial charge in [-0.25, -0.2) is 24.4 Å². The number of para-hydroxylation sites is 1. The zero-order valence-electron chi connectivity index (χ0n) is 65.6. The number of nitrogens with two attached hydrogens (primary N) is 1. The van der Waals surface area contributed by atoms with Crippen molar-refractivity contribution in [3.05, 3.63) is 161 Å². The van der Waals surface area contributed by atoms with E-state index in [9.17, 15) is 68.7 Å². The number of aromatic carboxylic acids is 1. The van der Waals surface area contributed by atoms with Gasteiger partial charge in [-0.05, 0) is 177 Å². The SMILES string of the molecule is Cc1c(-c2ccc(N3CCc4cccc(C(=O)Nc5nc6ccccc6s5)c4C3)nc2C(=O)O)cnn1CC12CC3(C)CC(C)(C1)CC(OCCN(COCc1ccc(NC(=O)[C@H](CCCNC(N)=O)NC(=O)[C@@H](NC(=O)CCCCCN4C(=O)C=CC4=O)C(C)C)cc1)Cc1ccc(O[C@H]4O[C@H](C(=O)O)[C@@H](O)[C@H](O)[C@H]4O)cc1)(C3)C2. The Morgan fingerprint density at radius 1 is 0.767 bits per heavy atom. The van der Waals surface area contributed by atoms with E-state index in [1.807, 2.05) is 65.0 Å². The number of primary amides is 1. The molecule has 9 atom stereocenters. The Morgan fingerprint density at radius 3 is 2.21 bits per heavy atom. The van der Waals surface area contributed by atoms with Crippen molar-refractivity contribution >= 4 is 91.6 Å². The highest BCUT2D eigenvalue weighted by molar-refractivity contribution is 7.22. The van der Waals surface area contributed by atoms with Crippen molar-refractivity contribution in [2.24, 2.45) is 27.9 Å². The van der Waals surface area contributed by atoms with Crippen LogP contribution in [-0.4, -0.2) is 196 Å². The van der Waals surface area contributed by atoms with Crippen LogP contribution in [0.4, 0.5) is 21.4 Å². The first kappa shape index (κ1) is 83.4. The number of benzene rings is 4. The second kappa shape index (κ2) is 35.5. The van der Waals surface area contributed by atoms with Crippen molar-refractivity contribution in [3.8, 4) is 16.9 Å². The first-order valence-corrected chi connectivity index (χ1v) is 40.2. The van der Waals surface area contributed by atoms with Crippen LogP contribution < -0.4 is 42.0 Å². The molecule has 8 amide bonds. The first-order chi connectivity index (χ1) is 55.4. The monoisotopic (exact) mass is 1610 g/mol. The van der Waals surface area contributed by atoms with Crippen LogP contribution in [0.15, 0.2) is 121 Å². The van der Waals surface area contributed by atoms with E-state index in [-0.39, 0.29) is 103 Å². The number of aliphatic hydroxyl groups excluding tert-OH is 3. The Morgan fingerprint density at radius 2 is 1.50 bits per heavy atom. The Hall–Kier alpha value is -10.6. The van der Waals surface area contributed by atoms with E-state index in [1.165, 1.54) is 23.5 Å². The molecule has 4 aromatic carbocycles. The zero-order valence-corrected chi connectivity index (χ0v) is 66.4. The highest BCUT2D eigenvalue weighted by atomic mass is 32.1. The summed E-state index contributed by atoms with van der Waals surface area (Å²) in [6, 6.07) is 28.0. The minimum absolute atomic E-state index is 0.0548. The van der Waals surface area contributed by atoms with Crippen molar-refractivity contribution in [1.29, 1.82) is 0 Å². The molecular formula is C84H101N13O18S. The summed E-state index contributed by atoms with van der Waals surface area (Å²) in [5.74, 6) is -4.95. The number of urea groups is 1. The number of imide groups is 1. The standard InChI is InChI=1S/C84H101N13O18S/c1-49(2)67(92-64(98)18-7-6-10-33-96-65(99)29-30-66(96)100)75(106)89-61(16-12-32-86-79(85)111)74(105)88-54-23-19-52(20-24-54)40-112-48-94(38-51-21-25-55(26-22-51)114-78-71(103)69(101)70(102)72(115-78)77(109)110)35-36-113-84-44-81(4)41-82(5,45-84)43-83(42-81,46-84)47-97-50(3)58(37-87-97)56-27-28-63(91-68(56)76(107)108)95-34-31-53-13-11-14-57(59(53)39-95)73(104)93-80-90-60-15-8-9-17-62(60)116-80/h8-9,11,13-15,17,19-30,37,49,61,67,69-72,78,101-103H,6-7,10,12,16,18,31-36,38-48H2,1-5H3,(H,88,105)(H,89,106)(H,92,98)(H,107,108)(H,109,110)(H3,85,86,111)(H,90,93,104)/t61-,67-,69-,70-,71+,72-,78-,81?,82?,83?,84?/m0/s1. The molecule has 2 unspecified atom stereocenters. The maximum Gasteiger partial charge on any atom is 0.355 e. The maximum atomic E-state index is 14.1. The number of fused-ring (bicyclic) bond motifs is 2. The number of rotatable bonds is 36. The van der Waals surface area contributed by atoms with Gasteiger partial charge in [-0.15, -0.1) is 0 Å². The number of carbonyl (C=O) groups excluding carboxylic acids is 7. The summed E-state index contributed by atoms with van der Waals surface area (Å²) in [6.45, 7) is 13.5. The lowest BCUT2D eigenvalue weighted by Crippen LogP contribution is -2.64. The molecule has 12 N–H and O–H groups in total. The van der Waals surface area contributed by atoms with Crippen LogP contribution in [0, 0.1) is 29.1 Å². The van der Waals surface area contributed by atoms with Crippen molar-refractivity contribution < 1.29 is 87.6 Å². The summed E-state index contributed by atoms with van der Waals surface area (Å²) >= 11 is 1.40. The highest BCUT2D eigenvalue weighted by Crippen LogP contribution is 2.72. The number of thiazole rings is 1. The van der Waals surface area contributed by atoms with E-state index in [0.717, 1.165) is 81.6 Å². The van der Waals surface area contributed by atoms with Gasteiger partial charge >= 0.3 is 18.0 Å². The quantitative estimate of drug-likeness (QED) is 0.0101. The van der Waals surface area contributed by atoms with E-state index in [0.29, 0.717) is 98.3 Å². The molecule has 32 heteroatoms. The molecule has 0 spiro atoms. The van der Waals surface area contributed by atoms with Crippen molar-refractivity contribution in [2.75, 3.05) is 55.1 Å². The van der Waals surface area contributed by atoms with Crippen LogP contribution in [0.5, 0.6) is 5.75 Å². The highest BCUT2D eigenvalue weighted by Gasteiger charge is 2.66. The van der Waals surface area contributed by atoms with Gasteiger partial charge in [-0.2, -0.15) is 5.10 Å². The minimum Gasteiger partial charge on any atom is -0.479 e. The summed E-state index contributed by atoms with van der Waals surface area (Å²) in [6.07, 6.45) is 3.25. The van der Waals surface area contributed by atoms with Gasteiger partial charge in [0.05, 0.1) is 42.0 Å². The number of hydrogen-bond acceptors (Lipinski definition) is 22. The fourth-order valence-electron chi connectivity index (χ4n) is 18.6. The van der Waals surface area contributed by atoms with Crippen LogP contribution in [-0.2, 0) is 75.6 Å². The lowest BCUT2D eigenvalue weighted by Gasteiger charge is -2.69. The molecule has 5 fully saturated rings. The third-order valence-corrected chi connectivity index (χ3v) is 23.9. The lowest BCUT2D eigenvalue weighted by molar-refractivity contribution is -0.271. The summed E-state index contributed by atoms with van der Waals surface area (Å²) in [5.41, 5.74) is 11.5. The van der Waals surface area contributed by atoms with Gasteiger partial charge in [-0.3, -0.25) is 48.6 Å². The molecule has 3 aromatic heterocycles. The van der Waals surface area contributed by atoms with E-state index in [2.05, 4.69) is 50.3 Å². The number of aliphatic carboxylic acids is 1. The van der Waals surface area contributed by atoms with Crippen LogP contribution in [0.1, 0.15) is 154 Å². The largest absolute Gasteiger partial charge is 0.479 e. The number of nitrogens with zero attached hydrogens (tertiary/aromatic N) is 7. The number of carboxylic acids is 2. The lowest BCUT2D eigenvalue weighted by atomic mass is 9.39. The zero-order chi connectivity index (χ0) is 82.4. The van der Waals surface area contributed by atoms with E-state index in [4.69, 9.17) is 34.8 Å². The Balaban J connectivity index is 0.660. The number of unbranched alkanes of at least 4 members (excludes halogenated alkanes) is 2. The third kappa shape index (κ3) is 19.6. The number of aromatic nitrogens is 4. The number of amides is 8.